The van der Waals surface area contributed by atoms with E-state index in [1.54, 1.807) is 0 Å². The molecule has 0 bridgehead atoms. The molecular weight excluding hydrogens is 174 g/mol. The quantitative estimate of drug-likeness (QED) is 0.778. The number of hydrogen-bond acceptors (Lipinski definition) is 2. The Bertz CT molecular complexity index is 284. The Morgan fingerprint density at radius 3 is 2.79 bits per heavy atom. The van der Waals surface area contributed by atoms with Crippen molar-refractivity contribution in [2.24, 2.45) is 5.73 Å². The predicted molar refractivity (Wildman–Crippen MR) is 59.7 cm³/mol. The molecule has 0 spiro atoms. The second-order valence-corrected chi connectivity index (χ2v) is 3.45. The molecule has 2 N–H and O–H groups in total. The fourth-order valence-electron chi connectivity index (χ4n) is 1.48. The Morgan fingerprint density at radius 1 is 1.36 bits per heavy atom. The lowest BCUT2D eigenvalue weighted by Gasteiger charge is -2.12. The maximum atomic E-state index is 5.71. The Balaban J connectivity index is 2.84. The molecular formula is C12H19NO. The zero-order valence-corrected chi connectivity index (χ0v) is 9.05. The maximum absolute atomic E-state index is 5.71. The highest BCUT2D eigenvalue weighted by Gasteiger charge is 2.05. The van der Waals surface area contributed by atoms with Crippen molar-refractivity contribution in [2.75, 3.05) is 13.2 Å². The summed E-state index contributed by atoms with van der Waals surface area (Å²) in [6.45, 7) is 5.64. The van der Waals surface area contributed by atoms with Gasteiger partial charge in [-0.05, 0) is 37.4 Å². The monoisotopic (exact) mass is 193 g/mol. The number of nitrogens with two attached hydrogens (primary N) is 1. The van der Waals surface area contributed by atoms with Crippen LogP contribution in [0, 0.1) is 6.92 Å². The molecule has 78 valence electrons. The van der Waals surface area contributed by atoms with Crippen LogP contribution in [0.1, 0.15) is 24.5 Å². The van der Waals surface area contributed by atoms with Crippen LogP contribution in [0.2, 0.25) is 0 Å². The van der Waals surface area contributed by atoms with Crippen LogP contribution in [0.4, 0.5) is 0 Å². The molecule has 1 rings (SSSR count). The van der Waals surface area contributed by atoms with Crippen LogP contribution in [0.25, 0.3) is 0 Å². The van der Waals surface area contributed by atoms with E-state index in [4.69, 9.17) is 10.5 Å². The molecule has 0 amide bonds. The van der Waals surface area contributed by atoms with E-state index < -0.39 is 0 Å². The third-order valence-electron chi connectivity index (χ3n) is 2.16. The summed E-state index contributed by atoms with van der Waals surface area (Å²) in [4.78, 5) is 0. The molecule has 1 aromatic carbocycles. The number of aryl methyl sites for hydroxylation is 1. The minimum absolute atomic E-state index is 0.673. The van der Waals surface area contributed by atoms with Gasteiger partial charge in [-0.1, -0.05) is 25.1 Å². The van der Waals surface area contributed by atoms with Crippen LogP contribution in [0.15, 0.2) is 18.2 Å². The molecule has 0 fully saturated rings. The normalized spacial score (nSPS) is 10.2. The SMILES string of the molecule is CCCOc1c(C)cccc1CCN. The minimum atomic E-state index is 0.673. The van der Waals surface area contributed by atoms with E-state index in [2.05, 4.69) is 32.0 Å². The molecule has 0 unspecified atom stereocenters. The van der Waals surface area contributed by atoms with E-state index in [0.29, 0.717) is 6.54 Å². The first-order chi connectivity index (χ1) is 6.79. The summed E-state index contributed by atoms with van der Waals surface area (Å²) in [5.74, 6) is 1.03. The molecule has 0 heterocycles. The molecule has 0 aromatic heterocycles. The Hall–Kier alpha value is -1.02. The molecule has 14 heavy (non-hydrogen) atoms. The van der Waals surface area contributed by atoms with Crippen molar-refractivity contribution in [3.05, 3.63) is 29.3 Å². The summed E-state index contributed by atoms with van der Waals surface area (Å²) >= 11 is 0. The first-order valence-electron chi connectivity index (χ1n) is 5.21. The molecule has 0 saturated carbocycles. The maximum Gasteiger partial charge on any atom is 0.125 e. The third-order valence-corrected chi connectivity index (χ3v) is 2.16. The largest absolute Gasteiger partial charge is 0.493 e. The van der Waals surface area contributed by atoms with Crippen molar-refractivity contribution in [3.63, 3.8) is 0 Å². The molecule has 0 aliphatic rings. The van der Waals surface area contributed by atoms with Gasteiger partial charge in [0.05, 0.1) is 6.61 Å². The summed E-state index contributed by atoms with van der Waals surface area (Å²) in [5.41, 5.74) is 7.97. The molecule has 0 atom stereocenters. The minimum Gasteiger partial charge on any atom is -0.493 e. The van der Waals surface area contributed by atoms with Crippen molar-refractivity contribution in [3.8, 4) is 5.75 Å². The smallest absolute Gasteiger partial charge is 0.125 e. The van der Waals surface area contributed by atoms with Crippen molar-refractivity contribution in [1.29, 1.82) is 0 Å². The van der Waals surface area contributed by atoms with Gasteiger partial charge in [-0.15, -0.1) is 0 Å². The zero-order valence-electron chi connectivity index (χ0n) is 9.05. The van der Waals surface area contributed by atoms with Crippen LogP contribution < -0.4 is 10.5 Å². The number of para-hydroxylation sites is 1. The van der Waals surface area contributed by atoms with Crippen molar-refractivity contribution in [1.82, 2.24) is 0 Å². The highest BCUT2D eigenvalue weighted by atomic mass is 16.5. The van der Waals surface area contributed by atoms with Crippen LogP contribution in [0.3, 0.4) is 0 Å². The molecule has 0 aliphatic carbocycles. The van der Waals surface area contributed by atoms with Gasteiger partial charge in [-0.25, -0.2) is 0 Å². The zero-order chi connectivity index (χ0) is 10.4. The third kappa shape index (κ3) is 2.74. The average Bonchev–Trinajstić information content (AvgIpc) is 2.18. The van der Waals surface area contributed by atoms with Crippen LogP contribution in [0.5, 0.6) is 5.75 Å². The van der Waals surface area contributed by atoms with Crippen molar-refractivity contribution in [2.45, 2.75) is 26.7 Å². The van der Waals surface area contributed by atoms with Gasteiger partial charge >= 0.3 is 0 Å². The second-order valence-electron chi connectivity index (χ2n) is 3.45. The van der Waals surface area contributed by atoms with E-state index in [1.807, 2.05) is 0 Å². The Morgan fingerprint density at radius 2 is 2.14 bits per heavy atom. The van der Waals surface area contributed by atoms with Crippen LogP contribution in [-0.4, -0.2) is 13.2 Å². The topological polar surface area (TPSA) is 35.2 Å². The lowest BCUT2D eigenvalue weighted by atomic mass is 10.1. The number of hydrogen-bond donors (Lipinski definition) is 1. The van der Waals surface area contributed by atoms with Gasteiger partial charge < -0.3 is 10.5 Å². The van der Waals surface area contributed by atoms with Crippen LogP contribution in [-0.2, 0) is 6.42 Å². The Labute approximate surface area is 86.1 Å². The average molecular weight is 193 g/mol. The first-order valence-corrected chi connectivity index (χ1v) is 5.21. The fraction of sp³-hybridized carbons (Fsp3) is 0.500. The molecule has 0 saturated heterocycles. The fourth-order valence-corrected chi connectivity index (χ4v) is 1.48. The summed E-state index contributed by atoms with van der Waals surface area (Å²) in [7, 11) is 0. The predicted octanol–water partition coefficient (Wildman–Crippen LogP) is 2.29. The van der Waals surface area contributed by atoms with Gasteiger partial charge in [0.2, 0.25) is 0 Å². The molecule has 0 aliphatic heterocycles. The van der Waals surface area contributed by atoms with Crippen molar-refractivity contribution >= 4 is 0 Å². The van der Waals surface area contributed by atoms with Gasteiger partial charge in [0, 0.05) is 0 Å². The lowest BCUT2D eigenvalue weighted by molar-refractivity contribution is 0.312. The molecule has 1 aromatic rings. The molecule has 2 heteroatoms. The van der Waals surface area contributed by atoms with Crippen LogP contribution >= 0.6 is 0 Å². The number of ether oxygens (including phenoxy) is 1. The summed E-state index contributed by atoms with van der Waals surface area (Å²) in [5, 5.41) is 0. The van der Waals surface area contributed by atoms with Gasteiger partial charge in [0.15, 0.2) is 0 Å². The van der Waals surface area contributed by atoms with E-state index >= 15 is 0 Å². The summed E-state index contributed by atoms with van der Waals surface area (Å²) < 4.78 is 5.71. The van der Waals surface area contributed by atoms with E-state index in [-0.39, 0.29) is 0 Å². The lowest BCUT2D eigenvalue weighted by Crippen LogP contribution is -2.06. The van der Waals surface area contributed by atoms with E-state index in [0.717, 1.165) is 25.2 Å². The Kier molecular flexibility index (Phi) is 4.47. The summed E-state index contributed by atoms with van der Waals surface area (Å²) in [6, 6.07) is 6.22. The molecule has 0 radical (unpaired) electrons. The summed E-state index contributed by atoms with van der Waals surface area (Å²) in [6.07, 6.45) is 1.93. The standard InChI is InChI=1S/C12H19NO/c1-3-9-14-12-10(2)5-4-6-11(12)7-8-13/h4-6H,3,7-9,13H2,1-2H3. The highest BCUT2D eigenvalue weighted by Crippen LogP contribution is 2.23. The van der Waals surface area contributed by atoms with Gasteiger partial charge in [-0.3, -0.25) is 0 Å². The van der Waals surface area contributed by atoms with Gasteiger partial charge in [-0.2, -0.15) is 0 Å². The number of benzene rings is 1. The van der Waals surface area contributed by atoms with Gasteiger partial charge in [0.25, 0.3) is 0 Å². The van der Waals surface area contributed by atoms with E-state index in [1.165, 1.54) is 11.1 Å². The second kappa shape index (κ2) is 5.66. The van der Waals surface area contributed by atoms with Crippen molar-refractivity contribution < 1.29 is 4.74 Å². The van der Waals surface area contributed by atoms with Gasteiger partial charge in [0.1, 0.15) is 5.75 Å². The first kappa shape index (κ1) is 11.1. The molecule has 2 nitrogen and oxygen atoms in total. The highest BCUT2D eigenvalue weighted by molar-refractivity contribution is 5.40. The number of rotatable bonds is 5. The van der Waals surface area contributed by atoms with E-state index in [9.17, 15) is 0 Å².